The van der Waals surface area contributed by atoms with Crippen LogP contribution in [0.3, 0.4) is 0 Å². The average molecular weight is 273 g/mol. The monoisotopic (exact) mass is 273 g/mol. The van der Waals surface area contributed by atoms with Crippen molar-refractivity contribution in [2.24, 2.45) is 7.05 Å². The number of amides is 1. The smallest absolute Gasteiger partial charge is 0.217 e. The highest BCUT2D eigenvalue weighted by atomic mass is 16.1. The molecule has 1 saturated heterocycles. The summed E-state index contributed by atoms with van der Waals surface area (Å²) in [7, 11) is 1.98. The summed E-state index contributed by atoms with van der Waals surface area (Å²) in [6, 6.07) is 2.25. The molecule has 0 saturated carbocycles. The summed E-state index contributed by atoms with van der Waals surface area (Å²) < 4.78 is 2.00. The molecule has 0 aromatic carbocycles. The minimum atomic E-state index is 0.0318. The van der Waals surface area contributed by atoms with Gasteiger partial charge in [0, 0.05) is 39.3 Å². The molecule has 1 fully saturated rings. The van der Waals surface area contributed by atoms with Crippen LogP contribution >= 0.6 is 0 Å². The van der Waals surface area contributed by atoms with Gasteiger partial charge in [-0.2, -0.15) is 0 Å². The highest BCUT2D eigenvalue weighted by molar-refractivity contribution is 5.87. The minimum Gasteiger partial charge on any atom is -0.354 e. The summed E-state index contributed by atoms with van der Waals surface area (Å²) in [5.74, 6) is 0.995. The molecule has 0 bridgehead atoms. The third kappa shape index (κ3) is 2.33. The van der Waals surface area contributed by atoms with Crippen LogP contribution in [-0.4, -0.2) is 39.6 Å². The van der Waals surface area contributed by atoms with Crippen molar-refractivity contribution in [1.82, 2.24) is 19.9 Å². The summed E-state index contributed by atoms with van der Waals surface area (Å²) in [4.78, 5) is 22.2. The second-order valence-corrected chi connectivity index (χ2v) is 5.35. The number of carbonyl (C=O) groups is 1. The summed E-state index contributed by atoms with van der Waals surface area (Å²) in [6.07, 6.45) is 5.69. The van der Waals surface area contributed by atoms with Crippen molar-refractivity contribution in [3.63, 3.8) is 0 Å². The SMILES string of the molecule is CC(=O)NC1CCCN(c2ncnc3c2ccn3C)C1. The van der Waals surface area contributed by atoms with Gasteiger partial charge in [-0.3, -0.25) is 4.79 Å². The Balaban J connectivity index is 1.88. The number of fused-ring (bicyclic) bond motifs is 1. The van der Waals surface area contributed by atoms with Crippen molar-refractivity contribution < 1.29 is 4.79 Å². The number of piperidine rings is 1. The van der Waals surface area contributed by atoms with Crippen LogP contribution in [0.4, 0.5) is 5.82 Å². The van der Waals surface area contributed by atoms with Crippen LogP contribution < -0.4 is 10.2 Å². The molecule has 1 atom stereocenters. The summed E-state index contributed by atoms with van der Waals surface area (Å²) in [5.41, 5.74) is 0.941. The number of aromatic nitrogens is 3. The average Bonchev–Trinajstić information content (AvgIpc) is 2.80. The van der Waals surface area contributed by atoms with Crippen LogP contribution in [0.2, 0.25) is 0 Å². The van der Waals surface area contributed by atoms with Crippen LogP contribution in [0.15, 0.2) is 18.6 Å². The quantitative estimate of drug-likeness (QED) is 0.889. The minimum absolute atomic E-state index is 0.0318. The van der Waals surface area contributed by atoms with Crippen molar-refractivity contribution in [1.29, 1.82) is 0 Å². The number of nitrogens with one attached hydrogen (secondary N) is 1. The Morgan fingerprint density at radius 3 is 3.10 bits per heavy atom. The number of hydrogen-bond acceptors (Lipinski definition) is 4. The van der Waals surface area contributed by atoms with Crippen molar-refractivity contribution in [3.05, 3.63) is 18.6 Å². The van der Waals surface area contributed by atoms with Gasteiger partial charge in [0.15, 0.2) is 0 Å². The molecule has 2 aromatic heterocycles. The molecular formula is C14H19N5O. The first-order valence-corrected chi connectivity index (χ1v) is 6.93. The van der Waals surface area contributed by atoms with Crippen molar-refractivity contribution in [3.8, 4) is 0 Å². The van der Waals surface area contributed by atoms with Gasteiger partial charge >= 0.3 is 0 Å². The maximum Gasteiger partial charge on any atom is 0.217 e. The zero-order valence-corrected chi connectivity index (χ0v) is 11.8. The van der Waals surface area contributed by atoms with Crippen molar-refractivity contribution in [2.45, 2.75) is 25.8 Å². The van der Waals surface area contributed by atoms with Gasteiger partial charge in [0.1, 0.15) is 17.8 Å². The van der Waals surface area contributed by atoms with Gasteiger partial charge in [-0.1, -0.05) is 0 Å². The maximum atomic E-state index is 11.2. The Morgan fingerprint density at radius 1 is 1.45 bits per heavy atom. The molecule has 0 spiro atoms. The topological polar surface area (TPSA) is 63.1 Å². The Bertz CT molecular complexity index is 636. The fraction of sp³-hybridized carbons (Fsp3) is 0.500. The molecule has 6 heteroatoms. The molecule has 0 radical (unpaired) electrons. The Hall–Kier alpha value is -2.11. The van der Waals surface area contributed by atoms with Crippen LogP contribution in [-0.2, 0) is 11.8 Å². The lowest BCUT2D eigenvalue weighted by Crippen LogP contribution is -2.47. The van der Waals surface area contributed by atoms with E-state index in [0.29, 0.717) is 0 Å². The molecule has 1 amide bonds. The third-order valence-electron chi connectivity index (χ3n) is 3.77. The highest BCUT2D eigenvalue weighted by Crippen LogP contribution is 2.25. The fourth-order valence-corrected chi connectivity index (χ4v) is 2.89. The zero-order valence-electron chi connectivity index (χ0n) is 11.8. The summed E-state index contributed by atoms with van der Waals surface area (Å²) in [5, 5.41) is 4.07. The van der Waals surface area contributed by atoms with Gasteiger partial charge in [0.2, 0.25) is 5.91 Å². The molecule has 1 N–H and O–H groups in total. The summed E-state index contributed by atoms with van der Waals surface area (Å²) >= 11 is 0. The van der Waals surface area contributed by atoms with E-state index in [4.69, 9.17) is 0 Å². The third-order valence-corrected chi connectivity index (χ3v) is 3.77. The normalized spacial score (nSPS) is 19.3. The van der Waals surface area contributed by atoms with Crippen molar-refractivity contribution in [2.75, 3.05) is 18.0 Å². The highest BCUT2D eigenvalue weighted by Gasteiger charge is 2.23. The van der Waals surface area contributed by atoms with Gasteiger partial charge in [-0.05, 0) is 18.9 Å². The standard InChI is InChI=1S/C14H19N5O/c1-10(20)17-11-4-3-6-19(8-11)14-12-5-7-18(2)13(12)15-9-16-14/h5,7,9,11H,3-4,6,8H2,1-2H3,(H,17,20). The van der Waals surface area contributed by atoms with E-state index in [1.807, 2.05) is 23.9 Å². The molecular weight excluding hydrogens is 254 g/mol. The number of carbonyl (C=O) groups excluding carboxylic acids is 1. The zero-order chi connectivity index (χ0) is 14.1. The molecule has 3 rings (SSSR count). The first kappa shape index (κ1) is 12.9. The van der Waals surface area contributed by atoms with E-state index >= 15 is 0 Å². The van der Waals surface area contributed by atoms with Crippen LogP contribution in [0.5, 0.6) is 0 Å². The van der Waals surface area contributed by atoms with Gasteiger partial charge < -0.3 is 14.8 Å². The molecule has 1 aliphatic rings. The van der Waals surface area contributed by atoms with Crippen LogP contribution in [0, 0.1) is 0 Å². The van der Waals surface area contributed by atoms with E-state index in [0.717, 1.165) is 42.8 Å². The predicted octanol–water partition coefficient (Wildman–Crippen LogP) is 1.07. The maximum absolute atomic E-state index is 11.2. The molecule has 1 unspecified atom stereocenters. The number of rotatable bonds is 2. The lowest BCUT2D eigenvalue weighted by molar-refractivity contribution is -0.119. The second kappa shape index (κ2) is 5.11. The Kier molecular flexibility index (Phi) is 3.30. The molecule has 3 heterocycles. The number of anilines is 1. The van der Waals surface area contributed by atoms with Gasteiger partial charge in [0.05, 0.1) is 5.39 Å². The van der Waals surface area contributed by atoms with Crippen molar-refractivity contribution >= 4 is 22.8 Å². The number of aryl methyl sites for hydroxylation is 1. The number of nitrogens with zero attached hydrogens (tertiary/aromatic N) is 4. The first-order valence-electron chi connectivity index (χ1n) is 6.93. The fourth-order valence-electron chi connectivity index (χ4n) is 2.89. The largest absolute Gasteiger partial charge is 0.354 e. The van der Waals surface area contributed by atoms with Gasteiger partial charge in [-0.15, -0.1) is 0 Å². The van der Waals surface area contributed by atoms with Crippen LogP contribution in [0.1, 0.15) is 19.8 Å². The molecule has 1 aliphatic heterocycles. The molecule has 20 heavy (non-hydrogen) atoms. The first-order chi connectivity index (χ1) is 9.65. The predicted molar refractivity (Wildman–Crippen MR) is 77.6 cm³/mol. The Morgan fingerprint density at radius 2 is 2.30 bits per heavy atom. The Labute approximate surface area is 117 Å². The summed E-state index contributed by atoms with van der Waals surface area (Å²) in [6.45, 7) is 3.34. The van der Waals surface area contributed by atoms with E-state index in [1.54, 1.807) is 13.3 Å². The molecule has 6 nitrogen and oxygen atoms in total. The molecule has 0 aliphatic carbocycles. The second-order valence-electron chi connectivity index (χ2n) is 5.35. The molecule has 2 aromatic rings. The van der Waals surface area contributed by atoms with E-state index < -0.39 is 0 Å². The van der Waals surface area contributed by atoms with E-state index in [-0.39, 0.29) is 11.9 Å². The van der Waals surface area contributed by atoms with E-state index in [1.165, 1.54) is 0 Å². The van der Waals surface area contributed by atoms with Crippen LogP contribution in [0.25, 0.3) is 11.0 Å². The molecule has 106 valence electrons. The lowest BCUT2D eigenvalue weighted by atomic mass is 10.1. The number of hydrogen-bond donors (Lipinski definition) is 1. The van der Waals surface area contributed by atoms with E-state index in [2.05, 4.69) is 20.2 Å². The van der Waals surface area contributed by atoms with Gasteiger partial charge in [-0.25, -0.2) is 9.97 Å². The lowest BCUT2D eigenvalue weighted by Gasteiger charge is -2.34. The van der Waals surface area contributed by atoms with E-state index in [9.17, 15) is 4.79 Å². The van der Waals surface area contributed by atoms with Gasteiger partial charge in [0.25, 0.3) is 0 Å².